The number of unbranched alkanes of at least 4 members (excludes halogenated alkanes) is 1. The molecular formula is C21H36ClN. The van der Waals surface area contributed by atoms with Crippen LogP contribution >= 0.6 is 12.4 Å². The fraction of sp³-hybridized carbons (Fsp3) is 0.714. The molecule has 2 heteroatoms. The van der Waals surface area contributed by atoms with E-state index in [-0.39, 0.29) is 12.4 Å². The van der Waals surface area contributed by atoms with Crippen molar-refractivity contribution in [3.63, 3.8) is 0 Å². The molecule has 1 aliphatic carbocycles. The Bertz CT molecular complexity index is 427. The van der Waals surface area contributed by atoms with Crippen LogP contribution in [0.15, 0.2) is 30.3 Å². The average Bonchev–Trinajstić information content (AvgIpc) is 2.52. The molecule has 0 aliphatic heterocycles. The highest BCUT2D eigenvalue weighted by molar-refractivity contribution is 5.85. The van der Waals surface area contributed by atoms with E-state index in [0.29, 0.717) is 11.0 Å². The van der Waals surface area contributed by atoms with E-state index in [4.69, 9.17) is 0 Å². The SMILES string of the molecule is CCCCC1(NCc2ccccc2)CCC(C(C)(C)C)CC1.Cl. The van der Waals surface area contributed by atoms with Crippen molar-refractivity contribution in [2.45, 2.75) is 84.7 Å². The molecule has 1 nitrogen and oxygen atoms in total. The number of rotatable bonds is 6. The van der Waals surface area contributed by atoms with E-state index in [0.717, 1.165) is 12.5 Å². The summed E-state index contributed by atoms with van der Waals surface area (Å²) in [5, 5.41) is 3.96. The second-order valence-corrected chi connectivity index (χ2v) is 8.36. The summed E-state index contributed by atoms with van der Waals surface area (Å²) < 4.78 is 0. The Balaban J connectivity index is 0.00000264. The largest absolute Gasteiger partial charge is 0.307 e. The summed E-state index contributed by atoms with van der Waals surface area (Å²) >= 11 is 0. The Hall–Kier alpha value is -0.530. The minimum Gasteiger partial charge on any atom is -0.307 e. The highest BCUT2D eigenvalue weighted by Gasteiger charge is 2.37. The monoisotopic (exact) mass is 337 g/mol. The Labute approximate surface area is 150 Å². The van der Waals surface area contributed by atoms with Gasteiger partial charge in [-0.05, 0) is 49.0 Å². The molecule has 0 amide bonds. The van der Waals surface area contributed by atoms with Crippen molar-refractivity contribution >= 4 is 12.4 Å². The van der Waals surface area contributed by atoms with Crippen LogP contribution in [-0.4, -0.2) is 5.54 Å². The molecule has 0 saturated heterocycles. The number of halogens is 1. The van der Waals surface area contributed by atoms with Crippen LogP contribution in [0.3, 0.4) is 0 Å². The maximum absolute atomic E-state index is 3.96. The fourth-order valence-electron chi connectivity index (χ4n) is 3.95. The van der Waals surface area contributed by atoms with E-state index in [9.17, 15) is 0 Å². The van der Waals surface area contributed by atoms with Gasteiger partial charge >= 0.3 is 0 Å². The van der Waals surface area contributed by atoms with E-state index in [1.54, 1.807) is 0 Å². The van der Waals surface area contributed by atoms with Gasteiger partial charge in [-0.2, -0.15) is 0 Å². The van der Waals surface area contributed by atoms with E-state index in [1.807, 2.05) is 0 Å². The molecule has 0 spiro atoms. The van der Waals surface area contributed by atoms with Crippen molar-refractivity contribution in [1.82, 2.24) is 5.32 Å². The van der Waals surface area contributed by atoms with Gasteiger partial charge in [0.25, 0.3) is 0 Å². The van der Waals surface area contributed by atoms with Gasteiger partial charge in [-0.3, -0.25) is 0 Å². The average molecular weight is 338 g/mol. The Morgan fingerprint density at radius 1 is 1.09 bits per heavy atom. The van der Waals surface area contributed by atoms with Crippen molar-refractivity contribution < 1.29 is 0 Å². The number of nitrogens with one attached hydrogen (secondary N) is 1. The topological polar surface area (TPSA) is 12.0 Å². The lowest BCUT2D eigenvalue weighted by Crippen LogP contribution is -2.48. The van der Waals surface area contributed by atoms with Gasteiger partial charge in [0, 0.05) is 12.1 Å². The third-order valence-corrected chi connectivity index (χ3v) is 5.69. The molecule has 1 aliphatic rings. The second kappa shape index (κ2) is 9.08. The van der Waals surface area contributed by atoms with Gasteiger partial charge in [-0.15, -0.1) is 12.4 Å². The zero-order chi connectivity index (χ0) is 16.1. The first kappa shape index (κ1) is 20.5. The predicted octanol–water partition coefficient (Wildman–Crippen LogP) is 6.36. The third kappa shape index (κ3) is 6.12. The zero-order valence-electron chi connectivity index (χ0n) is 15.5. The standard InChI is InChI=1S/C21H35N.ClH/c1-5-6-14-21(22-17-18-10-8-7-9-11-18)15-12-19(13-16-21)20(2,3)4;/h7-11,19,22H,5-6,12-17H2,1-4H3;1H. The lowest BCUT2D eigenvalue weighted by Gasteiger charge is -2.45. The first-order valence-corrected chi connectivity index (χ1v) is 9.24. The molecule has 0 radical (unpaired) electrons. The van der Waals surface area contributed by atoms with Crippen LogP contribution < -0.4 is 5.32 Å². The summed E-state index contributed by atoms with van der Waals surface area (Å²) in [6, 6.07) is 10.9. The van der Waals surface area contributed by atoms with Crippen molar-refractivity contribution in [1.29, 1.82) is 0 Å². The van der Waals surface area contributed by atoms with Crippen molar-refractivity contribution in [3.8, 4) is 0 Å². The van der Waals surface area contributed by atoms with Crippen molar-refractivity contribution in [2.24, 2.45) is 11.3 Å². The van der Waals surface area contributed by atoms with Gasteiger partial charge in [0.1, 0.15) is 0 Å². The Morgan fingerprint density at radius 2 is 1.70 bits per heavy atom. The minimum atomic E-state index is 0. The first-order valence-electron chi connectivity index (χ1n) is 9.24. The fourth-order valence-corrected chi connectivity index (χ4v) is 3.95. The molecule has 0 atom stereocenters. The molecule has 0 heterocycles. The number of benzene rings is 1. The van der Waals surface area contributed by atoms with E-state index in [1.165, 1.54) is 50.5 Å². The summed E-state index contributed by atoms with van der Waals surface area (Å²) in [5.74, 6) is 0.890. The zero-order valence-corrected chi connectivity index (χ0v) is 16.3. The highest BCUT2D eigenvalue weighted by atomic mass is 35.5. The van der Waals surface area contributed by atoms with Gasteiger partial charge in [-0.1, -0.05) is 70.9 Å². The lowest BCUT2D eigenvalue weighted by atomic mass is 9.66. The number of hydrogen-bond donors (Lipinski definition) is 1. The molecule has 1 aromatic carbocycles. The summed E-state index contributed by atoms with van der Waals surface area (Å²) in [4.78, 5) is 0. The molecule has 0 bridgehead atoms. The van der Waals surface area contributed by atoms with Crippen molar-refractivity contribution in [2.75, 3.05) is 0 Å². The van der Waals surface area contributed by atoms with Crippen LogP contribution in [0.4, 0.5) is 0 Å². The van der Waals surface area contributed by atoms with Crippen molar-refractivity contribution in [3.05, 3.63) is 35.9 Å². The summed E-state index contributed by atoms with van der Waals surface area (Å²) in [5.41, 5.74) is 2.26. The first-order chi connectivity index (χ1) is 10.5. The Kier molecular flexibility index (Phi) is 8.10. The van der Waals surface area contributed by atoms with Gasteiger partial charge < -0.3 is 5.32 Å². The normalized spacial score (nSPS) is 25.0. The van der Waals surface area contributed by atoms with E-state index in [2.05, 4.69) is 63.3 Å². The number of hydrogen-bond acceptors (Lipinski definition) is 1. The summed E-state index contributed by atoms with van der Waals surface area (Å²) in [6.45, 7) is 10.6. The van der Waals surface area contributed by atoms with Gasteiger partial charge in [0.15, 0.2) is 0 Å². The highest BCUT2D eigenvalue weighted by Crippen LogP contribution is 2.43. The van der Waals surface area contributed by atoms with Crippen LogP contribution in [0.1, 0.15) is 78.2 Å². The molecule has 23 heavy (non-hydrogen) atoms. The van der Waals surface area contributed by atoms with Gasteiger partial charge in [0.05, 0.1) is 0 Å². The van der Waals surface area contributed by atoms with E-state index >= 15 is 0 Å². The van der Waals surface area contributed by atoms with Gasteiger partial charge in [0.2, 0.25) is 0 Å². The summed E-state index contributed by atoms with van der Waals surface area (Å²) in [6.07, 6.45) is 9.46. The lowest BCUT2D eigenvalue weighted by molar-refractivity contribution is 0.106. The maximum Gasteiger partial charge on any atom is 0.0210 e. The van der Waals surface area contributed by atoms with Crippen LogP contribution in [-0.2, 0) is 6.54 Å². The molecule has 1 N–H and O–H groups in total. The minimum absolute atomic E-state index is 0. The summed E-state index contributed by atoms with van der Waals surface area (Å²) in [7, 11) is 0. The smallest absolute Gasteiger partial charge is 0.0210 e. The molecule has 0 unspecified atom stereocenters. The molecule has 2 rings (SSSR count). The van der Waals surface area contributed by atoms with Crippen LogP contribution in [0, 0.1) is 11.3 Å². The van der Waals surface area contributed by atoms with Crippen LogP contribution in [0.25, 0.3) is 0 Å². The van der Waals surface area contributed by atoms with Gasteiger partial charge in [-0.25, -0.2) is 0 Å². The molecular weight excluding hydrogens is 302 g/mol. The molecule has 0 aromatic heterocycles. The quantitative estimate of drug-likeness (QED) is 0.636. The second-order valence-electron chi connectivity index (χ2n) is 8.36. The Morgan fingerprint density at radius 3 is 2.22 bits per heavy atom. The predicted molar refractivity (Wildman–Crippen MR) is 104 cm³/mol. The van der Waals surface area contributed by atoms with Crippen LogP contribution in [0.5, 0.6) is 0 Å². The third-order valence-electron chi connectivity index (χ3n) is 5.69. The van der Waals surface area contributed by atoms with E-state index < -0.39 is 0 Å². The molecule has 1 saturated carbocycles. The molecule has 132 valence electrons. The van der Waals surface area contributed by atoms with Crippen LogP contribution in [0.2, 0.25) is 0 Å². The maximum atomic E-state index is 3.96. The molecule has 1 aromatic rings. The molecule has 1 fully saturated rings.